The van der Waals surface area contributed by atoms with Gasteiger partial charge in [0.25, 0.3) is 11.5 Å². The molecule has 0 saturated heterocycles. The highest BCUT2D eigenvalue weighted by atomic mass is 79.9. The second-order valence-corrected chi connectivity index (χ2v) is 7.91. The first-order chi connectivity index (χ1) is 14.0. The molecule has 1 amide bonds. The van der Waals surface area contributed by atoms with Gasteiger partial charge in [-0.05, 0) is 35.7 Å². The molecule has 0 radical (unpaired) electrons. The smallest absolute Gasteiger partial charge is 0.254 e. The van der Waals surface area contributed by atoms with Crippen LogP contribution in [0.3, 0.4) is 0 Å². The van der Waals surface area contributed by atoms with Gasteiger partial charge in [-0.15, -0.1) is 0 Å². The van der Waals surface area contributed by atoms with Gasteiger partial charge >= 0.3 is 0 Å². The van der Waals surface area contributed by atoms with E-state index in [4.69, 9.17) is 0 Å². The van der Waals surface area contributed by atoms with Crippen LogP contribution < -0.4 is 5.56 Å². The summed E-state index contributed by atoms with van der Waals surface area (Å²) in [5, 5.41) is 0. The number of nitrogens with zero attached hydrogens (tertiary/aromatic N) is 2. The highest BCUT2D eigenvalue weighted by molar-refractivity contribution is 9.10. The molecule has 3 aromatic rings. The highest BCUT2D eigenvalue weighted by Crippen LogP contribution is 2.24. The molecule has 1 aromatic heterocycles. The molecule has 5 nitrogen and oxygen atoms in total. The Hall–Kier alpha value is -2.99. The van der Waals surface area contributed by atoms with Gasteiger partial charge in [-0.2, -0.15) is 0 Å². The molecule has 2 heterocycles. The van der Waals surface area contributed by atoms with E-state index in [0.29, 0.717) is 18.7 Å². The predicted molar refractivity (Wildman–Crippen MR) is 114 cm³/mol. The average molecular weight is 451 g/mol. The molecule has 146 valence electrons. The molecular formula is C23H19BrN2O3. The van der Waals surface area contributed by atoms with Crippen molar-refractivity contribution < 1.29 is 9.59 Å². The van der Waals surface area contributed by atoms with Crippen LogP contribution in [0.5, 0.6) is 0 Å². The number of ketones is 1. The number of carbonyl (C=O) groups is 2. The molecule has 0 N–H and O–H groups in total. The van der Waals surface area contributed by atoms with E-state index in [2.05, 4.69) is 22.0 Å². The maximum Gasteiger partial charge on any atom is 0.254 e. The zero-order chi connectivity index (χ0) is 20.4. The van der Waals surface area contributed by atoms with E-state index >= 15 is 0 Å². The molecule has 0 fully saturated rings. The summed E-state index contributed by atoms with van der Waals surface area (Å²) in [6, 6.07) is 18.2. The summed E-state index contributed by atoms with van der Waals surface area (Å²) >= 11 is 3.35. The lowest BCUT2D eigenvalue weighted by Gasteiger charge is -2.32. The summed E-state index contributed by atoms with van der Waals surface area (Å²) < 4.78 is 2.06. The second kappa shape index (κ2) is 8.17. The van der Waals surface area contributed by atoms with E-state index in [1.54, 1.807) is 41.3 Å². The molecule has 4 rings (SSSR count). The standard InChI is InChI=1S/C23H19BrN2O3/c24-19-10-8-17(9-11-19)22(28)21(26-13-4-3-7-20(26)27)23(29)25-14-12-16-5-1-2-6-18(16)15-25/h1-11,13,21H,12,14-15H2/t21-/m0/s1. The van der Waals surface area contributed by atoms with E-state index < -0.39 is 11.8 Å². The van der Waals surface area contributed by atoms with Crippen LogP contribution in [-0.2, 0) is 17.8 Å². The van der Waals surface area contributed by atoms with E-state index in [1.807, 2.05) is 18.2 Å². The molecule has 1 aliphatic heterocycles. The van der Waals surface area contributed by atoms with Crippen LogP contribution in [0.4, 0.5) is 0 Å². The SMILES string of the molecule is O=C(c1ccc(Br)cc1)[C@@H](C(=O)N1CCc2ccccc2C1)n1ccccc1=O. The number of amides is 1. The Balaban J connectivity index is 1.72. The van der Waals surface area contributed by atoms with Gasteiger partial charge < -0.3 is 4.90 Å². The first-order valence-electron chi connectivity index (χ1n) is 9.37. The first-order valence-corrected chi connectivity index (χ1v) is 10.2. The maximum absolute atomic E-state index is 13.5. The van der Waals surface area contributed by atoms with Crippen LogP contribution in [0, 0.1) is 0 Å². The van der Waals surface area contributed by atoms with Crippen molar-refractivity contribution in [3.8, 4) is 0 Å². The third-order valence-electron chi connectivity index (χ3n) is 5.18. The van der Waals surface area contributed by atoms with Crippen LogP contribution in [-0.4, -0.2) is 27.7 Å². The van der Waals surface area contributed by atoms with Crippen LogP contribution in [0.25, 0.3) is 0 Å². The van der Waals surface area contributed by atoms with Gasteiger partial charge in [0.15, 0.2) is 11.8 Å². The summed E-state index contributed by atoms with van der Waals surface area (Å²) in [5.74, 6) is -0.754. The number of rotatable bonds is 4. The fourth-order valence-corrected chi connectivity index (χ4v) is 3.90. The number of halogens is 1. The van der Waals surface area contributed by atoms with Gasteiger partial charge in [-0.3, -0.25) is 19.0 Å². The highest BCUT2D eigenvalue weighted by Gasteiger charge is 2.34. The van der Waals surface area contributed by atoms with E-state index in [1.165, 1.54) is 22.4 Å². The minimum atomic E-state index is -1.23. The summed E-state index contributed by atoms with van der Waals surface area (Å²) in [5.41, 5.74) is 2.29. The first kappa shape index (κ1) is 19.3. The number of pyridine rings is 1. The van der Waals surface area contributed by atoms with Crippen molar-refractivity contribution in [3.63, 3.8) is 0 Å². The number of hydrogen-bond donors (Lipinski definition) is 0. The average Bonchev–Trinajstić information content (AvgIpc) is 2.75. The van der Waals surface area contributed by atoms with Crippen LogP contribution in [0.2, 0.25) is 0 Å². The Morgan fingerprint density at radius 1 is 0.897 bits per heavy atom. The molecule has 0 spiro atoms. The summed E-state index contributed by atoms with van der Waals surface area (Å²) in [6.07, 6.45) is 2.23. The molecule has 1 aliphatic rings. The quantitative estimate of drug-likeness (QED) is 0.450. The number of fused-ring (bicyclic) bond motifs is 1. The normalized spacial score (nSPS) is 14.2. The minimum Gasteiger partial charge on any atom is -0.336 e. The molecule has 0 saturated carbocycles. The van der Waals surface area contributed by atoms with Crippen molar-refractivity contribution in [1.82, 2.24) is 9.47 Å². The Morgan fingerprint density at radius 3 is 2.31 bits per heavy atom. The summed E-state index contributed by atoms with van der Waals surface area (Å²) in [4.78, 5) is 40.9. The summed E-state index contributed by atoms with van der Waals surface area (Å²) in [7, 11) is 0. The van der Waals surface area contributed by atoms with Crippen molar-refractivity contribution in [2.45, 2.75) is 19.0 Å². The summed E-state index contributed by atoms with van der Waals surface area (Å²) in [6.45, 7) is 0.947. The predicted octanol–water partition coefficient (Wildman–Crippen LogP) is 3.62. The van der Waals surface area contributed by atoms with Gasteiger partial charge in [0.2, 0.25) is 0 Å². The van der Waals surface area contributed by atoms with Gasteiger partial charge in [-0.25, -0.2) is 0 Å². The molecule has 29 heavy (non-hydrogen) atoms. The minimum absolute atomic E-state index is 0.360. The zero-order valence-corrected chi connectivity index (χ0v) is 17.2. The molecular weight excluding hydrogens is 432 g/mol. The van der Waals surface area contributed by atoms with Gasteiger partial charge in [0.05, 0.1) is 0 Å². The molecule has 6 heteroatoms. The number of aromatic nitrogens is 1. The van der Waals surface area contributed by atoms with Gasteiger partial charge in [-0.1, -0.05) is 58.4 Å². The topological polar surface area (TPSA) is 59.4 Å². The Bertz CT molecular complexity index is 1120. The van der Waals surface area contributed by atoms with Crippen LogP contribution in [0.1, 0.15) is 27.5 Å². The molecule has 2 aromatic carbocycles. The number of benzene rings is 2. The number of carbonyl (C=O) groups excluding carboxylic acids is 2. The zero-order valence-electron chi connectivity index (χ0n) is 15.6. The lowest BCUT2D eigenvalue weighted by atomic mass is 9.97. The Kier molecular flexibility index (Phi) is 5.45. The van der Waals surface area contributed by atoms with E-state index in [9.17, 15) is 14.4 Å². The van der Waals surface area contributed by atoms with Crippen LogP contribution in [0.15, 0.2) is 82.2 Å². The molecule has 1 atom stereocenters. The van der Waals surface area contributed by atoms with Crippen molar-refractivity contribution >= 4 is 27.6 Å². The maximum atomic E-state index is 13.5. The van der Waals surface area contributed by atoms with Crippen molar-refractivity contribution in [1.29, 1.82) is 0 Å². The van der Waals surface area contributed by atoms with Crippen LogP contribution >= 0.6 is 15.9 Å². The largest absolute Gasteiger partial charge is 0.336 e. The lowest BCUT2D eigenvalue weighted by molar-refractivity contribution is -0.134. The Morgan fingerprint density at radius 2 is 1.59 bits per heavy atom. The molecule has 0 aliphatic carbocycles. The number of hydrogen-bond acceptors (Lipinski definition) is 3. The number of Topliss-reactive ketones (excluding diaryl/α,β-unsaturated/α-hetero) is 1. The van der Waals surface area contributed by atoms with Gasteiger partial charge in [0, 0.05) is 35.4 Å². The van der Waals surface area contributed by atoms with Crippen molar-refractivity contribution in [3.05, 3.63) is 104 Å². The molecule has 0 bridgehead atoms. The fraction of sp³-hybridized carbons (Fsp3) is 0.174. The lowest BCUT2D eigenvalue weighted by Crippen LogP contribution is -2.45. The third-order valence-corrected chi connectivity index (χ3v) is 5.71. The molecule has 0 unspecified atom stereocenters. The van der Waals surface area contributed by atoms with E-state index in [-0.39, 0.29) is 11.5 Å². The van der Waals surface area contributed by atoms with Crippen molar-refractivity contribution in [2.75, 3.05) is 6.54 Å². The van der Waals surface area contributed by atoms with E-state index in [0.717, 1.165) is 16.5 Å². The fourth-order valence-electron chi connectivity index (χ4n) is 3.64. The van der Waals surface area contributed by atoms with Gasteiger partial charge in [0.1, 0.15) is 0 Å². The van der Waals surface area contributed by atoms with Crippen molar-refractivity contribution in [2.24, 2.45) is 0 Å². The Labute approximate surface area is 176 Å². The second-order valence-electron chi connectivity index (χ2n) is 7.00. The monoisotopic (exact) mass is 450 g/mol. The third kappa shape index (κ3) is 3.93.